The first kappa shape index (κ1) is 20.5. The van der Waals surface area contributed by atoms with Gasteiger partial charge in [-0.05, 0) is 43.0 Å². The third-order valence-corrected chi connectivity index (χ3v) is 6.27. The molecule has 3 aromatic carbocycles. The van der Waals surface area contributed by atoms with Crippen molar-refractivity contribution in [2.75, 3.05) is 18.5 Å². The Morgan fingerprint density at radius 1 is 0.941 bits per heavy atom. The van der Waals surface area contributed by atoms with E-state index in [4.69, 9.17) is 9.47 Å². The van der Waals surface area contributed by atoms with E-state index >= 15 is 0 Å². The molecule has 1 aromatic heterocycles. The Morgan fingerprint density at radius 3 is 2.47 bits per heavy atom. The molecule has 4 aromatic rings. The number of fused-ring (bicyclic) bond motifs is 2. The Kier molecular flexibility index (Phi) is 5.02. The largest absolute Gasteiger partial charge is 0.486 e. The molecule has 2 aliphatic rings. The second kappa shape index (κ2) is 8.33. The highest BCUT2D eigenvalue weighted by Gasteiger charge is 2.39. The zero-order chi connectivity index (χ0) is 23.1. The molecule has 1 saturated carbocycles. The van der Waals surface area contributed by atoms with Crippen LogP contribution >= 0.6 is 0 Å². The van der Waals surface area contributed by atoms with Gasteiger partial charge in [0.1, 0.15) is 24.9 Å². The SMILES string of the molecule is O=C(Nc1ccc2c(c1)OCCO2)C(C1CC1)n1c(=O)c(-c2ccccc2)nc2ccccc21. The first-order valence-electron chi connectivity index (χ1n) is 11.5. The van der Waals surface area contributed by atoms with Gasteiger partial charge in [0.15, 0.2) is 11.5 Å². The highest BCUT2D eigenvalue weighted by atomic mass is 16.6. The van der Waals surface area contributed by atoms with Gasteiger partial charge in [-0.2, -0.15) is 0 Å². The summed E-state index contributed by atoms with van der Waals surface area (Å²) in [4.78, 5) is 32.1. The van der Waals surface area contributed by atoms with Crippen molar-refractivity contribution in [1.82, 2.24) is 9.55 Å². The maximum atomic E-state index is 13.8. The summed E-state index contributed by atoms with van der Waals surface area (Å²) in [5.41, 5.74) is 2.75. The van der Waals surface area contributed by atoms with Crippen LogP contribution in [0.1, 0.15) is 18.9 Å². The second-order valence-corrected chi connectivity index (χ2v) is 8.62. The number of ether oxygens (including phenoxy) is 2. The van der Waals surface area contributed by atoms with Crippen LogP contribution in [0.2, 0.25) is 0 Å². The average molecular weight is 453 g/mol. The van der Waals surface area contributed by atoms with Gasteiger partial charge in [-0.3, -0.25) is 14.2 Å². The predicted molar refractivity (Wildman–Crippen MR) is 129 cm³/mol. The van der Waals surface area contributed by atoms with Gasteiger partial charge in [0.2, 0.25) is 5.91 Å². The van der Waals surface area contributed by atoms with Gasteiger partial charge in [-0.1, -0.05) is 42.5 Å². The van der Waals surface area contributed by atoms with Gasteiger partial charge in [0, 0.05) is 17.3 Å². The summed E-state index contributed by atoms with van der Waals surface area (Å²) in [6.45, 7) is 0.972. The topological polar surface area (TPSA) is 82.5 Å². The Morgan fingerprint density at radius 2 is 1.68 bits per heavy atom. The lowest BCUT2D eigenvalue weighted by Crippen LogP contribution is -2.36. The molecule has 34 heavy (non-hydrogen) atoms. The van der Waals surface area contributed by atoms with E-state index in [1.165, 1.54) is 0 Å². The van der Waals surface area contributed by atoms with Crippen molar-refractivity contribution in [2.45, 2.75) is 18.9 Å². The van der Waals surface area contributed by atoms with E-state index < -0.39 is 6.04 Å². The lowest BCUT2D eigenvalue weighted by Gasteiger charge is -2.23. The Balaban J connectivity index is 1.44. The Labute approximate surface area is 196 Å². The van der Waals surface area contributed by atoms with Crippen LogP contribution in [0.15, 0.2) is 77.6 Å². The van der Waals surface area contributed by atoms with Crippen LogP contribution in [0.4, 0.5) is 5.69 Å². The maximum absolute atomic E-state index is 13.8. The van der Waals surface area contributed by atoms with Crippen LogP contribution in [0.5, 0.6) is 11.5 Å². The number of nitrogens with one attached hydrogen (secondary N) is 1. The molecule has 7 heteroatoms. The van der Waals surface area contributed by atoms with Crippen molar-refractivity contribution in [1.29, 1.82) is 0 Å². The standard InChI is InChI=1S/C27H23N3O4/c31-26(28-19-12-13-22-23(16-19)34-15-14-33-22)25(18-10-11-18)30-21-9-5-4-8-20(21)29-24(27(30)32)17-6-2-1-3-7-17/h1-9,12-13,16,18,25H,10-11,14-15H2,(H,28,31). The second-order valence-electron chi connectivity index (χ2n) is 8.62. The van der Waals surface area contributed by atoms with Crippen LogP contribution in [0.3, 0.4) is 0 Å². The van der Waals surface area contributed by atoms with E-state index in [2.05, 4.69) is 10.3 Å². The first-order chi connectivity index (χ1) is 16.7. The number of hydrogen-bond acceptors (Lipinski definition) is 5. The quantitative estimate of drug-likeness (QED) is 0.484. The van der Waals surface area contributed by atoms with Gasteiger partial charge in [-0.25, -0.2) is 4.98 Å². The predicted octanol–water partition coefficient (Wildman–Crippen LogP) is 4.42. The molecular weight excluding hydrogens is 430 g/mol. The average Bonchev–Trinajstić information content (AvgIpc) is 3.71. The highest BCUT2D eigenvalue weighted by Crippen LogP contribution is 2.41. The number of para-hydroxylation sites is 2. The van der Waals surface area contributed by atoms with Crippen LogP contribution in [0, 0.1) is 5.92 Å². The van der Waals surface area contributed by atoms with E-state index in [1.807, 2.05) is 54.6 Å². The minimum absolute atomic E-state index is 0.0874. The zero-order valence-electron chi connectivity index (χ0n) is 18.4. The molecule has 0 spiro atoms. The Bertz CT molecular complexity index is 1440. The molecule has 170 valence electrons. The molecule has 2 heterocycles. The highest BCUT2D eigenvalue weighted by molar-refractivity contribution is 5.95. The minimum Gasteiger partial charge on any atom is -0.486 e. The van der Waals surface area contributed by atoms with Crippen LogP contribution in [-0.4, -0.2) is 28.7 Å². The molecule has 1 unspecified atom stereocenters. The summed E-state index contributed by atoms with van der Waals surface area (Å²) in [6, 6.07) is 21.6. The Hall–Kier alpha value is -4.13. The van der Waals surface area contributed by atoms with E-state index in [0.717, 1.165) is 18.4 Å². The molecule has 1 N–H and O–H groups in total. The van der Waals surface area contributed by atoms with Gasteiger partial charge in [-0.15, -0.1) is 0 Å². The third kappa shape index (κ3) is 3.69. The third-order valence-electron chi connectivity index (χ3n) is 6.27. The lowest BCUT2D eigenvalue weighted by molar-refractivity contribution is -0.119. The van der Waals surface area contributed by atoms with E-state index in [1.54, 1.807) is 22.8 Å². The summed E-state index contributed by atoms with van der Waals surface area (Å²) in [5.74, 6) is 1.12. The number of carbonyl (C=O) groups is 1. The number of benzene rings is 3. The first-order valence-corrected chi connectivity index (χ1v) is 11.5. The van der Waals surface area contributed by atoms with Crippen LogP contribution < -0.4 is 20.3 Å². The molecule has 7 nitrogen and oxygen atoms in total. The summed E-state index contributed by atoms with van der Waals surface area (Å²) in [7, 11) is 0. The lowest BCUT2D eigenvalue weighted by atomic mass is 10.1. The smallest absolute Gasteiger partial charge is 0.278 e. The number of nitrogens with zero attached hydrogens (tertiary/aromatic N) is 2. The van der Waals surface area contributed by atoms with Crippen molar-refractivity contribution in [3.63, 3.8) is 0 Å². The van der Waals surface area contributed by atoms with Crippen molar-refractivity contribution in [3.05, 3.63) is 83.2 Å². The summed E-state index contributed by atoms with van der Waals surface area (Å²) < 4.78 is 12.9. The number of hydrogen-bond donors (Lipinski definition) is 1. The van der Waals surface area contributed by atoms with Crippen molar-refractivity contribution >= 4 is 22.6 Å². The number of aromatic nitrogens is 2. The molecule has 1 amide bonds. The van der Waals surface area contributed by atoms with Gasteiger partial charge in [0.25, 0.3) is 5.56 Å². The fourth-order valence-electron chi connectivity index (χ4n) is 4.51. The normalized spacial score (nSPS) is 15.6. The van der Waals surface area contributed by atoms with Crippen molar-refractivity contribution < 1.29 is 14.3 Å². The van der Waals surface area contributed by atoms with Gasteiger partial charge >= 0.3 is 0 Å². The van der Waals surface area contributed by atoms with Crippen molar-refractivity contribution in [2.24, 2.45) is 5.92 Å². The summed E-state index contributed by atoms with van der Waals surface area (Å²) >= 11 is 0. The maximum Gasteiger partial charge on any atom is 0.278 e. The number of amides is 1. The van der Waals surface area contributed by atoms with Gasteiger partial charge < -0.3 is 14.8 Å². The molecule has 1 aliphatic carbocycles. The van der Waals surface area contributed by atoms with Crippen molar-refractivity contribution in [3.8, 4) is 22.8 Å². The van der Waals surface area contributed by atoms with Crippen LogP contribution in [-0.2, 0) is 4.79 Å². The van der Waals surface area contributed by atoms with E-state index in [9.17, 15) is 9.59 Å². The molecule has 1 fully saturated rings. The minimum atomic E-state index is -0.643. The molecule has 0 saturated heterocycles. The number of rotatable bonds is 5. The number of carbonyl (C=O) groups excluding carboxylic acids is 1. The molecule has 0 radical (unpaired) electrons. The van der Waals surface area contributed by atoms with E-state index in [0.29, 0.717) is 47.1 Å². The summed E-state index contributed by atoms with van der Waals surface area (Å²) in [5, 5.41) is 3.01. The van der Waals surface area contributed by atoms with Crippen LogP contribution in [0.25, 0.3) is 22.3 Å². The molecule has 1 atom stereocenters. The zero-order valence-corrected chi connectivity index (χ0v) is 18.4. The molecule has 6 rings (SSSR count). The van der Waals surface area contributed by atoms with E-state index in [-0.39, 0.29) is 17.4 Å². The van der Waals surface area contributed by atoms with Gasteiger partial charge in [0.05, 0.1) is 11.0 Å². The number of anilines is 1. The monoisotopic (exact) mass is 453 g/mol. The molecule has 1 aliphatic heterocycles. The molecular formula is C27H23N3O4. The fourth-order valence-corrected chi connectivity index (χ4v) is 4.51. The summed E-state index contributed by atoms with van der Waals surface area (Å²) in [6.07, 6.45) is 1.78. The molecule has 0 bridgehead atoms. The fraction of sp³-hybridized carbons (Fsp3) is 0.222.